The zero-order chi connectivity index (χ0) is 19.9. The lowest BCUT2D eigenvalue weighted by molar-refractivity contribution is 0.0946. The third-order valence-electron chi connectivity index (χ3n) is 3.81. The van der Waals surface area contributed by atoms with Gasteiger partial charge in [-0.05, 0) is 23.8 Å². The maximum atomic E-state index is 12.4. The molecule has 8 nitrogen and oxygen atoms in total. The van der Waals surface area contributed by atoms with Crippen LogP contribution in [-0.4, -0.2) is 35.1 Å². The molecule has 2 heterocycles. The van der Waals surface area contributed by atoms with Crippen LogP contribution >= 0.6 is 11.6 Å². The van der Waals surface area contributed by atoms with Crippen molar-refractivity contribution in [3.05, 3.63) is 65.2 Å². The Morgan fingerprint density at radius 2 is 1.82 bits per heavy atom. The zero-order valence-corrected chi connectivity index (χ0v) is 16.0. The fourth-order valence-electron chi connectivity index (χ4n) is 2.40. The number of rotatable bonds is 7. The number of halogens is 1. The summed E-state index contributed by atoms with van der Waals surface area (Å²) in [5.74, 6) is 0.875. The fourth-order valence-corrected chi connectivity index (χ4v) is 2.63. The Kier molecular flexibility index (Phi) is 6.23. The molecule has 3 rings (SSSR count). The SMILES string of the molecule is COc1cc(Nc2nccc(C(=O)NCc3ccncc3)n2)c(OC)cc1Cl. The maximum Gasteiger partial charge on any atom is 0.270 e. The second-order valence-corrected chi connectivity index (χ2v) is 6.02. The van der Waals surface area contributed by atoms with E-state index in [1.54, 1.807) is 24.5 Å². The van der Waals surface area contributed by atoms with Crippen molar-refractivity contribution in [2.24, 2.45) is 0 Å². The van der Waals surface area contributed by atoms with E-state index in [0.29, 0.717) is 28.8 Å². The molecular weight excluding hydrogens is 382 g/mol. The number of hydrogen-bond acceptors (Lipinski definition) is 7. The topological polar surface area (TPSA) is 98.3 Å². The van der Waals surface area contributed by atoms with Gasteiger partial charge in [0.25, 0.3) is 5.91 Å². The van der Waals surface area contributed by atoms with E-state index in [0.717, 1.165) is 5.56 Å². The molecule has 0 aliphatic carbocycles. The summed E-state index contributed by atoms with van der Waals surface area (Å²) < 4.78 is 10.5. The summed E-state index contributed by atoms with van der Waals surface area (Å²) in [6.45, 7) is 0.371. The van der Waals surface area contributed by atoms with Crippen LogP contribution in [0.1, 0.15) is 16.1 Å². The quantitative estimate of drug-likeness (QED) is 0.629. The molecule has 0 unspecified atom stereocenters. The summed E-state index contributed by atoms with van der Waals surface area (Å²) in [4.78, 5) is 24.7. The molecule has 0 saturated heterocycles. The molecule has 0 atom stereocenters. The van der Waals surface area contributed by atoms with Crippen molar-refractivity contribution in [1.82, 2.24) is 20.3 Å². The van der Waals surface area contributed by atoms with Crippen LogP contribution in [0.4, 0.5) is 11.6 Å². The van der Waals surface area contributed by atoms with Crippen molar-refractivity contribution in [2.75, 3.05) is 19.5 Å². The van der Waals surface area contributed by atoms with Gasteiger partial charge in [0.05, 0.1) is 24.9 Å². The Morgan fingerprint density at radius 1 is 1.07 bits per heavy atom. The highest BCUT2D eigenvalue weighted by atomic mass is 35.5. The number of hydrogen-bond donors (Lipinski definition) is 2. The summed E-state index contributed by atoms with van der Waals surface area (Å²) in [5, 5.41) is 6.24. The van der Waals surface area contributed by atoms with Gasteiger partial charge in [0.15, 0.2) is 0 Å². The molecule has 2 N–H and O–H groups in total. The van der Waals surface area contributed by atoms with Crippen molar-refractivity contribution in [3.8, 4) is 11.5 Å². The molecule has 0 spiro atoms. The van der Waals surface area contributed by atoms with Crippen molar-refractivity contribution in [3.63, 3.8) is 0 Å². The van der Waals surface area contributed by atoms with Gasteiger partial charge in [-0.15, -0.1) is 0 Å². The largest absolute Gasteiger partial charge is 0.495 e. The van der Waals surface area contributed by atoms with E-state index in [1.165, 1.54) is 26.5 Å². The molecule has 28 heavy (non-hydrogen) atoms. The third-order valence-corrected chi connectivity index (χ3v) is 4.11. The number of carbonyl (C=O) groups excluding carboxylic acids is 1. The summed E-state index contributed by atoms with van der Waals surface area (Å²) in [6.07, 6.45) is 4.83. The van der Waals surface area contributed by atoms with E-state index in [4.69, 9.17) is 21.1 Å². The first-order valence-corrected chi connectivity index (χ1v) is 8.67. The monoisotopic (exact) mass is 399 g/mol. The third kappa shape index (κ3) is 4.66. The first kappa shape index (κ1) is 19.4. The van der Waals surface area contributed by atoms with E-state index in [9.17, 15) is 4.79 Å². The van der Waals surface area contributed by atoms with Crippen molar-refractivity contribution >= 4 is 29.1 Å². The van der Waals surface area contributed by atoms with Crippen LogP contribution in [-0.2, 0) is 6.54 Å². The van der Waals surface area contributed by atoms with Crippen LogP contribution < -0.4 is 20.1 Å². The predicted octanol–water partition coefficient (Wildman–Crippen LogP) is 3.22. The molecule has 0 saturated carbocycles. The van der Waals surface area contributed by atoms with Gasteiger partial charge in [-0.25, -0.2) is 9.97 Å². The highest BCUT2D eigenvalue weighted by molar-refractivity contribution is 6.32. The number of anilines is 2. The number of benzene rings is 1. The smallest absolute Gasteiger partial charge is 0.270 e. The number of pyridine rings is 1. The minimum absolute atomic E-state index is 0.228. The molecule has 0 bridgehead atoms. The van der Waals surface area contributed by atoms with Crippen LogP contribution in [0.3, 0.4) is 0 Å². The normalized spacial score (nSPS) is 10.2. The van der Waals surface area contributed by atoms with Crippen LogP contribution in [0.2, 0.25) is 5.02 Å². The minimum Gasteiger partial charge on any atom is -0.495 e. The standard InChI is InChI=1S/C19H18ClN5O3/c1-27-16-10-15(17(28-2)9-13(16)20)25-19-22-8-5-14(24-19)18(26)23-11-12-3-6-21-7-4-12/h3-10H,11H2,1-2H3,(H,23,26)(H,22,24,25). The number of ether oxygens (including phenoxy) is 2. The number of amides is 1. The minimum atomic E-state index is -0.317. The average Bonchev–Trinajstić information content (AvgIpc) is 2.73. The lowest BCUT2D eigenvalue weighted by atomic mass is 10.2. The highest BCUT2D eigenvalue weighted by Gasteiger charge is 2.13. The molecule has 0 fully saturated rings. The molecule has 0 aliphatic heterocycles. The van der Waals surface area contributed by atoms with Gasteiger partial charge in [-0.3, -0.25) is 9.78 Å². The Labute approximate surface area is 166 Å². The Morgan fingerprint density at radius 3 is 2.54 bits per heavy atom. The van der Waals surface area contributed by atoms with Crippen LogP contribution in [0.15, 0.2) is 48.9 Å². The number of carbonyl (C=O) groups is 1. The first-order chi connectivity index (χ1) is 13.6. The van der Waals surface area contributed by atoms with E-state index < -0.39 is 0 Å². The molecule has 0 radical (unpaired) electrons. The predicted molar refractivity (Wildman–Crippen MR) is 105 cm³/mol. The Bertz CT molecular complexity index is 969. The van der Waals surface area contributed by atoms with Crippen LogP contribution in [0.5, 0.6) is 11.5 Å². The highest BCUT2D eigenvalue weighted by Crippen LogP contribution is 2.36. The van der Waals surface area contributed by atoms with E-state index in [2.05, 4.69) is 25.6 Å². The van der Waals surface area contributed by atoms with Gasteiger partial charge in [0, 0.05) is 37.3 Å². The van der Waals surface area contributed by atoms with Crippen molar-refractivity contribution in [2.45, 2.75) is 6.54 Å². The summed E-state index contributed by atoms with van der Waals surface area (Å²) in [6, 6.07) is 8.47. The number of methoxy groups -OCH3 is 2. The molecule has 2 aromatic heterocycles. The number of nitrogens with zero attached hydrogens (tertiary/aromatic N) is 3. The van der Waals surface area contributed by atoms with Gasteiger partial charge >= 0.3 is 0 Å². The van der Waals surface area contributed by atoms with Gasteiger partial charge < -0.3 is 20.1 Å². The van der Waals surface area contributed by atoms with Crippen LogP contribution in [0, 0.1) is 0 Å². The molecule has 1 amide bonds. The number of nitrogens with one attached hydrogen (secondary N) is 2. The molecule has 0 aliphatic rings. The molecular formula is C19H18ClN5O3. The number of aromatic nitrogens is 3. The lowest BCUT2D eigenvalue weighted by Crippen LogP contribution is -2.24. The van der Waals surface area contributed by atoms with Gasteiger partial charge in [0.1, 0.15) is 17.2 Å². The fraction of sp³-hybridized carbons (Fsp3) is 0.158. The van der Waals surface area contributed by atoms with E-state index in [1.807, 2.05) is 12.1 Å². The molecule has 9 heteroatoms. The summed E-state index contributed by atoms with van der Waals surface area (Å²) in [5.41, 5.74) is 1.72. The van der Waals surface area contributed by atoms with Gasteiger partial charge in [0.2, 0.25) is 5.95 Å². The second-order valence-electron chi connectivity index (χ2n) is 5.62. The molecule has 1 aromatic carbocycles. The zero-order valence-electron chi connectivity index (χ0n) is 15.3. The summed E-state index contributed by atoms with van der Waals surface area (Å²) >= 11 is 6.11. The van der Waals surface area contributed by atoms with E-state index in [-0.39, 0.29) is 17.5 Å². The Hall–Kier alpha value is -3.39. The summed E-state index contributed by atoms with van der Waals surface area (Å²) in [7, 11) is 3.04. The van der Waals surface area contributed by atoms with Crippen molar-refractivity contribution in [1.29, 1.82) is 0 Å². The van der Waals surface area contributed by atoms with Crippen LogP contribution in [0.25, 0.3) is 0 Å². The maximum absolute atomic E-state index is 12.4. The van der Waals surface area contributed by atoms with Gasteiger partial charge in [-0.2, -0.15) is 0 Å². The van der Waals surface area contributed by atoms with E-state index >= 15 is 0 Å². The lowest BCUT2D eigenvalue weighted by Gasteiger charge is -2.13. The average molecular weight is 400 g/mol. The van der Waals surface area contributed by atoms with Gasteiger partial charge in [-0.1, -0.05) is 11.6 Å². The Balaban J connectivity index is 1.75. The first-order valence-electron chi connectivity index (χ1n) is 8.29. The molecule has 3 aromatic rings. The van der Waals surface area contributed by atoms with Crippen molar-refractivity contribution < 1.29 is 14.3 Å². The second kappa shape index (κ2) is 9.01. The molecule has 144 valence electrons.